The Morgan fingerprint density at radius 1 is 1.50 bits per heavy atom. The van der Waals surface area contributed by atoms with E-state index >= 15 is 0 Å². The van der Waals surface area contributed by atoms with E-state index in [4.69, 9.17) is 33.7 Å². The lowest BCUT2D eigenvalue weighted by Crippen LogP contribution is -2.30. The Labute approximate surface area is 116 Å². The smallest absolute Gasteiger partial charge is 0.255 e. The van der Waals surface area contributed by atoms with Gasteiger partial charge in [-0.15, -0.1) is 0 Å². The van der Waals surface area contributed by atoms with Crippen molar-refractivity contribution in [1.29, 1.82) is 0 Å². The fourth-order valence-electron chi connectivity index (χ4n) is 2.04. The molecule has 0 aliphatic carbocycles. The van der Waals surface area contributed by atoms with Crippen LogP contribution in [-0.2, 0) is 4.74 Å². The fourth-order valence-corrected chi connectivity index (χ4v) is 2.46. The van der Waals surface area contributed by atoms with Crippen LogP contribution in [0.15, 0.2) is 12.1 Å². The van der Waals surface area contributed by atoms with Gasteiger partial charge < -0.3 is 15.4 Å². The molecule has 0 spiro atoms. The molecule has 1 saturated heterocycles. The molecule has 1 amide bonds. The van der Waals surface area contributed by atoms with Crippen LogP contribution in [0.1, 0.15) is 16.8 Å². The van der Waals surface area contributed by atoms with E-state index in [1.165, 1.54) is 6.07 Å². The third-order valence-corrected chi connectivity index (χ3v) is 3.85. The number of halogens is 2. The van der Waals surface area contributed by atoms with Crippen LogP contribution >= 0.6 is 23.2 Å². The minimum absolute atomic E-state index is 0.0873. The number of nitrogens with two attached hydrogens (primary N) is 1. The number of likely N-dealkylation sites (tertiary alicyclic amines) is 1. The van der Waals surface area contributed by atoms with Gasteiger partial charge in [-0.3, -0.25) is 4.79 Å². The van der Waals surface area contributed by atoms with Gasteiger partial charge in [0.15, 0.2) is 0 Å². The highest BCUT2D eigenvalue weighted by molar-refractivity contribution is 6.44. The number of rotatable bonds is 2. The Kier molecular flexibility index (Phi) is 4.00. The number of nitrogen functional groups attached to an aromatic ring is 1. The summed E-state index contributed by atoms with van der Waals surface area (Å²) >= 11 is 12.0. The SMILES string of the molecule is COC1CCN(C(=O)c2cc(N)cc(Cl)c2Cl)C1. The average molecular weight is 289 g/mol. The van der Waals surface area contributed by atoms with Gasteiger partial charge in [0, 0.05) is 25.9 Å². The molecule has 2 rings (SSSR count). The molecule has 1 unspecified atom stereocenters. The molecule has 0 saturated carbocycles. The summed E-state index contributed by atoms with van der Waals surface area (Å²) < 4.78 is 5.23. The first-order valence-electron chi connectivity index (χ1n) is 5.59. The van der Waals surface area contributed by atoms with Gasteiger partial charge in [-0.05, 0) is 18.6 Å². The molecule has 2 N–H and O–H groups in total. The van der Waals surface area contributed by atoms with Crippen molar-refractivity contribution in [3.63, 3.8) is 0 Å². The van der Waals surface area contributed by atoms with E-state index < -0.39 is 0 Å². The van der Waals surface area contributed by atoms with Gasteiger partial charge in [0.1, 0.15) is 0 Å². The molecule has 1 aliphatic heterocycles. The van der Waals surface area contributed by atoms with E-state index in [2.05, 4.69) is 0 Å². The van der Waals surface area contributed by atoms with Crippen molar-refractivity contribution in [1.82, 2.24) is 4.90 Å². The number of anilines is 1. The molecule has 1 heterocycles. The Hall–Kier alpha value is -0.970. The van der Waals surface area contributed by atoms with Crippen molar-refractivity contribution < 1.29 is 9.53 Å². The van der Waals surface area contributed by atoms with Crippen LogP contribution in [-0.4, -0.2) is 37.1 Å². The van der Waals surface area contributed by atoms with Gasteiger partial charge in [-0.25, -0.2) is 0 Å². The summed E-state index contributed by atoms with van der Waals surface area (Å²) in [6.45, 7) is 1.22. The molecule has 0 bridgehead atoms. The fraction of sp³-hybridized carbons (Fsp3) is 0.417. The van der Waals surface area contributed by atoms with Gasteiger partial charge in [-0.2, -0.15) is 0 Å². The lowest BCUT2D eigenvalue weighted by Gasteiger charge is -2.17. The number of amides is 1. The predicted molar refractivity (Wildman–Crippen MR) is 72.2 cm³/mol. The van der Waals surface area contributed by atoms with Gasteiger partial charge in [0.05, 0.1) is 21.7 Å². The summed E-state index contributed by atoms with van der Waals surface area (Å²) in [5, 5.41) is 0.541. The average Bonchev–Trinajstić information content (AvgIpc) is 2.81. The molecule has 0 aromatic heterocycles. The lowest BCUT2D eigenvalue weighted by atomic mass is 10.1. The Morgan fingerprint density at radius 3 is 2.83 bits per heavy atom. The van der Waals surface area contributed by atoms with Crippen LogP contribution in [0.25, 0.3) is 0 Å². The molecule has 1 atom stereocenters. The molecular weight excluding hydrogens is 275 g/mol. The zero-order valence-corrected chi connectivity index (χ0v) is 11.5. The molecular formula is C12H14Cl2N2O2. The van der Waals surface area contributed by atoms with Crippen molar-refractivity contribution >= 4 is 34.8 Å². The summed E-state index contributed by atoms with van der Waals surface area (Å²) in [7, 11) is 1.64. The largest absolute Gasteiger partial charge is 0.399 e. The molecule has 6 heteroatoms. The molecule has 1 aromatic rings. The highest BCUT2D eigenvalue weighted by Gasteiger charge is 2.28. The molecule has 98 valence electrons. The first kappa shape index (κ1) is 13.5. The van der Waals surface area contributed by atoms with E-state index in [1.54, 1.807) is 18.1 Å². The second kappa shape index (κ2) is 5.34. The van der Waals surface area contributed by atoms with Gasteiger partial charge in [-0.1, -0.05) is 23.2 Å². The van der Waals surface area contributed by atoms with Crippen LogP contribution in [0.4, 0.5) is 5.69 Å². The first-order valence-corrected chi connectivity index (χ1v) is 6.35. The van der Waals surface area contributed by atoms with E-state index in [9.17, 15) is 4.79 Å². The van der Waals surface area contributed by atoms with Crippen LogP contribution in [0.5, 0.6) is 0 Å². The normalized spacial score (nSPS) is 19.3. The quantitative estimate of drug-likeness (QED) is 0.851. The van der Waals surface area contributed by atoms with Crippen molar-refractivity contribution in [2.24, 2.45) is 0 Å². The zero-order valence-electron chi connectivity index (χ0n) is 9.95. The maximum absolute atomic E-state index is 12.3. The van der Waals surface area contributed by atoms with Crippen LogP contribution in [0.3, 0.4) is 0 Å². The number of methoxy groups -OCH3 is 1. The summed E-state index contributed by atoms with van der Waals surface area (Å²) in [5.41, 5.74) is 6.45. The number of carbonyl (C=O) groups is 1. The number of benzene rings is 1. The van der Waals surface area contributed by atoms with E-state index in [1.807, 2.05) is 0 Å². The third-order valence-electron chi connectivity index (χ3n) is 3.05. The third kappa shape index (κ3) is 2.55. The molecule has 0 radical (unpaired) electrons. The molecule has 1 aliphatic rings. The maximum Gasteiger partial charge on any atom is 0.255 e. The van der Waals surface area contributed by atoms with Crippen molar-refractivity contribution in [2.45, 2.75) is 12.5 Å². The molecule has 1 aromatic carbocycles. The van der Waals surface area contributed by atoms with Crippen molar-refractivity contribution in [2.75, 3.05) is 25.9 Å². The summed E-state index contributed by atoms with van der Waals surface area (Å²) in [6.07, 6.45) is 0.917. The Balaban J connectivity index is 2.24. The molecule has 18 heavy (non-hydrogen) atoms. The monoisotopic (exact) mass is 288 g/mol. The minimum Gasteiger partial charge on any atom is -0.399 e. The predicted octanol–water partition coefficient (Wildman–Crippen LogP) is 2.44. The number of nitrogens with zero attached hydrogens (tertiary/aromatic N) is 1. The molecule has 1 fully saturated rings. The Morgan fingerprint density at radius 2 is 2.22 bits per heavy atom. The second-order valence-electron chi connectivity index (χ2n) is 4.26. The number of hydrogen-bond acceptors (Lipinski definition) is 3. The highest BCUT2D eigenvalue weighted by atomic mass is 35.5. The zero-order chi connectivity index (χ0) is 13.3. The molecule has 4 nitrogen and oxygen atoms in total. The standard InChI is InChI=1S/C12H14Cl2N2O2/c1-18-8-2-3-16(6-8)12(17)9-4-7(15)5-10(13)11(9)14/h4-5,8H,2-3,6,15H2,1H3. The number of carbonyl (C=O) groups excluding carboxylic acids is 1. The van der Waals surface area contributed by atoms with Gasteiger partial charge in [0.25, 0.3) is 5.91 Å². The first-order chi connectivity index (χ1) is 8.52. The summed E-state index contributed by atoms with van der Waals surface area (Å²) in [4.78, 5) is 14.0. The lowest BCUT2D eigenvalue weighted by molar-refractivity contribution is 0.0724. The van der Waals surface area contributed by atoms with Crippen LogP contribution < -0.4 is 5.73 Å². The van der Waals surface area contributed by atoms with Gasteiger partial charge >= 0.3 is 0 Å². The van der Waals surface area contributed by atoms with E-state index in [0.717, 1.165) is 6.42 Å². The maximum atomic E-state index is 12.3. The number of ether oxygens (including phenoxy) is 1. The summed E-state index contributed by atoms with van der Waals surface area (Å²) in [5.74, 6) is -0.159. The highest BCUT2D eigenvalue weighted by Crippen LogP contribution is 2.30. The van der Waals surface area contributed by atoms with E-state index in [0.29, 0.717) is 29.4 Å². The van der Waals surface area contributed by atoms with Crippen molar-refractivity contribution in [3.05, 3.63) is 27.7 Å². The minimum atomic E-state index is -0.159. The van der Waals surface area contributed by atoms with E-state index in [-0.39, 0.29) is 17.0 Å². The van der Waals surface area contributed by atoms with Crippen LogP contribution in [0, 0.1) is 0 Å². The van der Waals surface area contributed by atoms with Crippen molar-refractivity contribution in [3.8, 4) is 0 Å². The second-order valence-corrected chi connectivity index (χ2v) is 5.05. The summed E-state index contributed by atoms with van der Waals surface area (Å²) in [6, 6.07) is 3.08. The van der Waals surface area contributed by atoms with Crippen LogP contribution in [0.2, 0.25) is 10.0 Å². The topological polar surface area (TPSA) is 55.6 Å². The number of hydrogen-bond donors (Lipinski definition) is 1. The van der Waals surface area contributed by atoms with Gasteiger partial charge in [0.2, 0.25) is 0 Å². The Bertz CT molecular complexity index is 479.